The molecule has 5 rings (SSSR count). The monoisotopic (exact) mass is 381 g/mol. The van der Waals surface area contributed by atoms with Crippen molar-refractivity contribution < 1.29 is 9.47 Å². The predicted octanol–water partition coefficient (Wildman–Crippen LogP) is 3.01. The second-order valence-electron chi connectivity index (χ2n) is 8.38. The number of hydrogen-bond acceptors (Lipinski definition) is 5. The average molecular weight is 381 g/mol. The van der Waals surface area contributed by atoms with Crippen LogP contribution in [-0.2, 0) is 18.4 Å². The van der Waals surface area contributed by atoms with Gasteiger partial charge in [0.25, 0.3) is 5.56 Å². The van der Waals surface area contributed by atoms with Crippen LogP contribution in [-0.4, -0.2) is 39.6 Å². The fourth-order valence-corrected chi connectivity index (χ4v) is 4.52. The summed E-state index contributed by atoms with van der Waals surface area (Å²) in [6.45, 7) is 4.73. The summed E-state index contributed by atoms with van der Waals surface area (Å²) in [6, 6.07) is 8.30. The summed E-state index contributed by atoms with van der Waals surface area (Å²) in [5.74, 6) is 0.449. The third kappa shape index (κ3) is 3.05. The Hall–Kier alpha value is -2.18. The smallest absolute Gasteiger partial charge is 0.266 e. The molecule has 6 nitrogen and oxygen atoms in total. The summed E-state index contributed by atoms with van der Waals surface area (Å²) >= 11 is 0. The summed E-state index contributed by atoms with van der Waals surface area (Å²) < 4.78 is 14.1. The zero-order valence-electron chi connectivity index (χ0n) is 16.6. The first-order valence-corrected chi connectivity index (χ1v) is 10.3. The number of rotatable bonds is 2. The van der Waals surface area contributed by atoms with Gasteiger partial charge in [0.1, 0.15) is 5.75 Å². The van der Waals surface area contributed by atoms with Crippen molar-refractivity contribution in [2.24, 2.45) is 7.05 Å². The Bertz CT molecular complexity index is 956. The highest BCUT2D eigenvalue weighted by molar-refractivity contribution is 5.66. The molecule has 148 valence electrons. The molecule has 1 aromatic heterocycles. The predicted molar refractivity (Wildman–Crippen MR) is 106 cm³/mol. The van der Waals surface area contributed by atoms with Crippen molar-refractivity contribution in [1.82, 2.24) is 14.7 Å². The van der Waals surface area contributed by atoms with E-state index in [4.69, 9.17) is 9.47 Å². The van der Waals surface area contributed by atoms with Gasteiger partial charge in [-0.25, -0.2) is 4.68 Å². The molecule has 3 aliphatic rings. The first-order chi connectivity index (χ1) is 13.5. The minimum absolute atomic E-state index is 0.110. The molecule has 0 N–H and O–H groups in total. The standard InChI is InChI=1S/C22H27N3O3/c1-15-12-20-16(13-18(15)19-6-7-21(26)24(2)23-19)14-27-22(28-20)8-10-25(11-9-22)17-4-3-5-17/h6-7,12-13,17H,3-5,8-11,14H2,1-2H3. The van der Waals surface area contributed by atoms with E-state index in [-0.39, 0.29) is 5.56 Å². The number of likely N-dealkylation sites (tertiary alicyclic amines) is 1. The van der Waals surface area contributed by atoms with E-state index in [1.807, 2.05) is 0 Å². The SMILES string of the molecule is Cc1cc2c(cc1-c1ccc(=O)n(C)n1)COC1(CCN(C3CCC3)CC1)O2. The van der Waals surface area contributed by atoms with Gasteiger partial charge in [0.15, 0.2) is 0 Å². The third-order valence-electron chi connectivity index (χ3n) is 6.58. The molecule has 0 unspecified atom stereocenters. The van der Waals surface area contributed by atoms with E-state index < -0.39 is 5.79 Å². The van der Waals surface area contributed by atoms with Crippen molar-refractivity contribution in [2.45, 2.75) is 57.5 Å². The Morgan fingerprint density at radius 2 is 1.96 bits per heavy atom. The number of fused-ring (bicyclic) bond motifs is 1. The van der Waals surface area contributed by atoms with Crippen LogP contribution in [0.5, 0.6) is 5.75 Å². The second kappa shape index (κ2) is 6.71. The van der Waals surface area contributed by atoms with Crippen LogP contribution in [0.2, 0.25) is 0 Å². The molecule has 1 aliphatic carbocycles. The summed E-state index contributed by atoms with van der Waals surface area (Å²) in [4.78, 5) is 14.2. The molecule has 3 heterocycles. The van der Waals surface area contributed by atoms with Gasteiger partial charge >= 0.3 is 0 Å². The van der Waals surface area contributed by atoms with Gasteiger partial charge in [-0.1, -0.05) is 6.42 Å². The molecular formula is C22H27N3O3. The Morgan fingerprint density at radius 3 is 2.64 bits per heavy atom. The van der Waals surface area contributed by atoms with Crippen molar-refractivity contribution in [3.63, 3.8) is 0 Å². The van der Waals surface area contributed by atoms with Crippen LogP contribution in [0.4, 0.5) is 0 Å². The van der Waals surface area contributed by atoms with Crippen LogP contribution in [0.15, 0.2) is 29.1 Å². The molecule has 6 heteroatoms. The van der Waals surface area contributed by atoms with Crippen LogP contribution >= 0.6 is 0 Å². The topological polar surface area (TPSA) is 56.6 Å². The first kappa shape index (κ1) is 17.9. The van der Waals surface area contributed by atoms with Crippen LogP contribution in [0.3, 0.4) is 0 Å². The van der Waals surface area contributed by atoms with E-state index in [9.17, 15) is 4.79 Å². The summed E-state index contributed by atoms with van der Waals surface area (Å²) in [7, 11) is 1.67. The van der Waals surface area contributed by atoms with Gasteiger partial charge in [-0.15, -0.1) is 0 Å². The lowest BCUT2D eigenvalue weighted by atomic mass is 9.89. The minimum Gasteiger partial charge on any atom is -0.462 e. The molecule has 1 aromatic carbocycles. The largest absolute Gasteiger partial charge is 0.462 e. The zero-order valence-corrected chi connectivity index (χ0v) is 16.6. The van der Waals surface area contributed by atoms with Crippen LogP contribution in [0.25, 0.3) is 11.3 Å². The van der Waals surface area contributed by atoms with Crippen LogP contribution in [0, 0.1) is 6.92 Å². The fourth-order valence-electron chi connectivity index (χ4n) is 4.52. The molecule has 2 aromatic rings. The van der Waals surface area contributed by atoms with E-state index >= 15 is 0 Å². The van der Waals surface area contributed by atoms with Crippen molar-refractivity contribution in [3.8, 4) is 17.0 Å². The highest BCUT2D eigenvalue weighted by atomic mass is 16.7. The van der Waals surface area contributed by atoms with Crippen molar-refractivity contribution in [2.75, 3.05) is 13.1 Å². The third-order valence-corrected chi connectivity index (χ3v) is 6.58. The number of nitrogens with zero attached hydrogens (tertiary/aromatic N) is 3. The Kier molecular flexibility index (Phi) is 4.29. The molecule has 2 aliphatic heterocycles. The van der Waals surface area contributed by atoms with E-state index in [1.54, 1.807) is 19.2 Å². The van der Waals surface area contributed by atoms with Gasteiger partial charge in [-0.3, -0.25) is 9.69 Å². The van der Waals surface area contributed by atoms with Gasteiger partial charge < -0.3 is 9.47 Å². The molecule has 0 atom stereocenters. The molecule has 28 heavy (non-hydrogen) atoms. The lowest BCUT2D eigenvalue weighted by Crippen LogP contribution is -2.54. The highest BCUT2D eigenvalue weighted by Crippen LogP contribution is 2.41. The molecule has 0 bridgehead atoms. The summed E-state index contributed by atoms with van der Waals surface area (Å²) in [6.07, 6.45) is 5.91. The lowest BCUT2D eigenvalue weighted by molar-refractivity contribution is -0.231. The van der Waals surface area contributed by atoms with Gasteiger partial charge in [0, 0.05) is 56.2 Å². The molecule has 1 saturated carbocycles. The molecular weight excluding hydrogens is 354 g/mol. The van der Waals surface area contributed by atoms with Crippen LogP contribution in [0.1, 0.15) is 43.2 Å². The summed E-state index contributed by atoms with van der Waals surface area (Å²) in [5.41, 5.74) is 3.83. The maximum absolute atomic E-state index is 11.6. The number of piperidine rings is 1. The molecule has 1 spiro atoms. The Balaban J connectivity index is 1.37. The molecule has 0 amide bonds. The maximum atomic E-state index is 11.6. The number of ether oxygens (including phenoxy) is 2. The molecule has 0 radical (unpaired) electrons. The van der Waals surface area contributed by atoms with E-state index in [1.165, 1.54) is 23.9 Å². The second-order valence-corrected chi connectivity index (χ2v) is 8.38. The Morgan fingerprint density at radius 1 is 1.18 bits per heavy atom. The number of benzene rings is 1. The van der Waals surface area contributed by atoms with Gasteiger partial charge in [0.05, 0.1) is 12.3 Å². The number of hydrogen-bond donors (Lipinski definition) is 0. The van der Waals surface area contributed by atoms with E-state index in [0.29, 0.717) is 6.61 Å². The van der Waals surface area contributed by atoms with Gasteiger partial charge in [-0.05, 0) is 43.5 Å². The number of aromatic nitrogens is 2. The summed E-state index contributed by atoms with van der Waals surface area (Å²) in [5, 5.41) is 4.39. The quantitative estimate of drug-likeness (QED) is 0.800. The number of aryl methyl sites for hydroxylation is 2. The normalized spacial score (nSPS) is 21.8. The van der Waals surface area contributed by atoms with Crippen molar-refractivity contribution in [1.29, 1.82) is 0 Å². The zero-order chi connectivity index (χ0) is 19.3. The van der Waals surface area contributed by atoms with Crippen LogP contribution < -0.4 is 10.3 Å². The van der Waals surface area contributed by atoms with E-state index in [2.05, 4.69) is 29.1 Å². The average Bonchev–Trinajstić information content (AvgIpc) is 2.64. The molecule has 1 saturated heterocycles. The van der Waals surface area contributed by atoms with Crippen molar-refractivity contribution >= 4 is 0 Å². The lowest BCUT2D eigenvalue weighted by Gasteiger charge is -2.47. The Labute approximate surface area is 165 Å². The highest BCUT2D eigenvalue weighted by Gasteiger charge is 2.42. The van der Waals surface area contributed by atoms with Gasteiger partial charge in [-0.2, -0.15) is 5.10 Å². The van der Waals surface area contributed by atoms with Crippen molar-refractivity contribution in [3.05, 3.63) is 45.7 Å². The van der Waals surface area contributed by atoms with Gasteiger partial charge in [0.2, 0.25) is 5.79 Å². The first-order valence-electron chi connectivity index (χ1n) is 10.3. The fraction of sp³-hybridized carbons (Fsp3) is 0.545. The minimum atomic E-state index is -0.476. The molecule has 2 fully saturated rings. The maximum Gasteiger partial charge on any atom is 0.266 e. The van der Waals surface area contributed by atoms with E-state index in [0.717, 1.165) is 60.1 Å².